The van der Waals surface area contributed by atoms with Crippen LogP contribution in [0.1, 0.15) is 5.69 Å². The summed E-state index contributed by atoms with van der Waals surface area (Å²) in [5.74, 6) is 0. The molecule has 0 aromatic carbocycles. The van der Waals surface area contributed by atoms with Crippen LogP contribution < -0.4 is 0 Å². The summed E-state index contributed by atoms with van der Waals surface area (Å²) in [7, 11) is 0. The molecular formula is C6H5ClINO. The highest BCUT2D eigenvalue weighted by atomic mass is 127. The molecule has 2 nitrogen and oxygen atoms in total. The average Bonchev–Trinajstić information content (AvgIpc) is 1.94. The summed E-state index contributed by atoms with van der Waals surface area (Å²) in [6.07, 6.45) is 0. The Balaban J connectivity index is 3.09. The van der Waals surface area contributed by atoms with E-state index in [1.807, 2.05) is 6.07 Å². The van der Waals surface area contributed by atoms with Gasteiger partial charge < -0.3 is 5.11 Å². The van der Waals surface area contributed by atoms with Crippen molar-refractivity contribution in [3.63, 3.8) is 0 Å². The van der Waals surface area contributed by atoms with Crippen LogP contribution >= 0.6 is 34.2 Å². The number of hydrogen-bond donors (Lipinski definition) is 1. The zero-order valence-corrected chi connectivity index (χ0v) is 7.93. The number of aliphatic hydroxyl groups is 1. The Labute approximate surface area is 77.4 Å². The lowest BCUT2D eigenvalue weighted by Crippen LogP contribution is -1.92. The van der Waals surface area contributed by atoms with Gasteiger partial charge in [0.05, 0.1) is 12.3 Å². The average molecular weight is 269 g/mol. The SMILES string of the molecule is OCc1nc(Cl)ccc1I. The minimum Gasteiger partial charge on any atom is -0.390 e. The van der Waals surface area contributed by atoms with Gasteiger partial charge in [-0.15, -0.1) is 0 Å². The Hall–Kier alpha value is 0.130. The van der Waals surface area contributed by atoms with E-state index in [4.69, 9.17) is 16.7 Å². The van der Waals surface area contributed by atoms with Crippen molar-refractivity contribution in [1.82, 2.24) is 4.98 Å². The van der Waals surface area contributed by atoms with Crippen molar-refractivity contribution < 1.29 is 5.11 Å². The van der Waals surface area contributed by atoms with Crippen LogP contribution in [0.25, 0.3) is 0 Å². The van der Waals surface area contributed by atoms with Crippen molar-refractivity contribution in [2.75, 3.05) is 0 Å². The predicted octanol–water partition coefficient (Wildman–Crippen LogP) is 1.83. The second-order valence-corrected chi connectivity index (χ2v) is 3.27. The Morgan fingerprint density at radius 2 is 2.30 bits per heavy atom. The van der Waals surface area contributed by atoms with Gasteiger partial charge in [-0.3, -0.25) is 0 Å². The van der Waals surface area contributed by atoms with Gasteiger partial charge in [-0.2, -0.15) is 0 Å². The fraction of sp³-hybridized carbons (Fsp3) is 0.167. The van der Waals surface area contributed by atoms with Gasteiger partial charge in [-0.05, 0) is 34.7 Å². The molecule has 0 spiro atoms. The minimum absolute atomic E-state index is 0.0567. The highest BCUT2D eigenvalue weighted by Crippen LogP contribution is 2.13. The zero-order chi connectivity index (χ0) is 7.56. The summed E-state index contributed by atoms with van der Waals surface area (Å²) in [6.45, 7) is -0.0567. The Morgan fingerprint density at radius 1 is 1.60 bits per heavy atom. The zero-order valence-electron chi connectivity index (χ0n) is 5.01. The summed E-state index contributed by atoms with van der Waals surface area (Å²) in [4.78, 5) is 3.90. The molecule has 0 fully saturated rings. The van der Waals surface area contributed by atoms with Gasteiger partial charge in [0.15, 0.2) is 0 Å². The smallest absolute Gasteiger partial charge is 0.129 e. The molecule has 0 bridgehead atoms. The first-order valence-corrected chi connectivity index (χ1v) is 4.11. The number of hydrogen-bond acceptors (Lipinski definition) is 2. The Kier molecular flexibility index (Phi) is 2.88. The second-order valence-electron chi connectivity index (χ2n) is 1.72. The lowest BCUT2D eigenvalue weighted by atomic mass is 10.4. The van der Waals surface area contributed by atoms with Crippen LogP contribution in [0.4, 0.5) is 0 Å². The first-order chi connectivity index (χ1) is 4.74. The number of rotatable bonds is 1. The molecule has 1 aromatic rings. The van der Waals surface area contributed by atoms with E-state index in [9.17, 15) is 0 Å². The molecule has 0 aliphatic carbocycles. The maximum Gasteiger partial charge on any atom is 0.129 e. The van der Waals surface area contributed by atoms with Gasteiger partial charge in [0.25, 0.3) is 0 Å². The van der Waals surface area contributed by atoms with Gasteiger partial charge in [0, 0.05) is 3.57 Å². The van der Waals surface area contributed by atoms with E-state index in [1.165, 1.54) is 0 Å². The highest BCUT2D eigenvalue weighted by Gasteiger charge is 1.98. The number of aliphatic hydroxyl groups excluding tert-OH is 1. The van der Waals surface area contributed by atoms with E-state index >= 15 is 0 Å². The van der Waals surface area contributed by atoms with Crippen LogP contribution in [0.15, 0.2) is 12.1 Å². The molecule has 1 heterocycles. The molecule has 0 radical (unpaired) electrons. The van der Waals surface area contributed by atoms with Crippen LogP contribution in [0.3, 0.4) is 0 Å². The first kappa shape index (κ1) is 8.23. The van der Waals surface area contributed by atoms with Crippen LogP contribution in [0.2, 0.25) is 5.15 Å². The predicted molar refractivity (Wildman–Crippen MR) is 47.9 cm³/mol. The molecule has 0 amide bonds. The van der Waals surface area contributed by atoms with Gasteiger partial charge in [0.2, 0.25) is 0 Å². The van der Waals surface area contributed by atoms with E-state index in [0.29, 0.717) is 10.8 Å². The third-order valence-corrected chi connectivity index (χ3v) is 2.23. The fourth-order valence-electron chi connectivity index (χ4n) is 0.569. The molecule has 0 saturated carbocycles. The highest BCUT2D eigenvalue weighted by molar-refractivity contribution is 14.1. The van der Waals surface area contributed by atoms with Crippen molar-refractivity contribution in [3.05, 3.63) is 26.5 Å². The summed E-state index contributed by atoms with van der Waals surface area (Å²) in [5, 5.41) is 9.14. The second kappa shape index (κ2) is 3.50. The van der Waals surface area contributed by atoms with Crippen LogP contribution in [-0.4, -0.2) is 10.1 Å². The quantitative estimate of drug-likeness (QED) is 0.623. The summed E-state index contributed by atoms with van der Waals surface area (Å²) in [5.41, 5.74) is 0.633. The number of nitrogens with zero attached hydrogens (tertiary/aromatic N) is 1. The van der Waals surface area contributed by atoms with Crippen molar-refractivity contribution >= 4 is 34.2 Å². The Bertz CT molecular complexity index is 241. The van der Waals surface area contributed by atoms with Gasteiger partial charge in [0.1, 0.15) is 5.15 Å². The summed E-state index contributed by atoms with van der Waals surface area (Å²) < 4.78 is 0.935. The third-order valence-electron chi connectivity index (χ3n) is 1.03. The van der Waals surface area contributed by atoms with Crippen molar-refractivity contribution in [3.8, 4) is 0 Å². The van der Waals surface area contributed by atoms with Crippen molar-refractivity contribution in [2.24, 2.45) is 0 Å². The van der Waals surface area contributed by atoms with Gasteiger partial charge >= 0.3 is 0 Å². The summed E-state index contributed by atoms with van der Waals surface area (Å²) in [6, 6.07) is 3.52. The molecule has 1 N–H and O–H groups in total. The molecule has 4 heteroatoms. The Morgan fingerprint density at radius 3 is 2.80 bits per heavy atom. The van der Waals surface area contributed by atoms with Crippen LogP contribution in [-0.2, 0) is 6.61 Å². The molecule has 0 atom stereocenters. The minimum atomic E-state index is -0.0567. The molecule has 54 valence electrons. The van der Waals surface area contributed by atoms with Crippen LogP contribution in [0, 0.1) is 3.57 Å². The molecule has 0 aliphatic heterocycles. The van der Waals surface area contributed by atoms with E-state index in [2.05, 4.69) is 27.6 Å². The maximum atomic E-state index is 8.72. The largest absolute Gasteiger partial charge is 0.390 e. The molecular weight excluding hydrogens is 264 g/mol. The number of aromatic nitrogens is 1. The normalized spacial score (nSPS) is 9.90. The van der Waals surface area contributed by atoms with Crippen molar-refractivity contribution in [1.29, 1.82) is 0 Å². The lowest BCUT2D eigenvalue weighted by molar-refractivity contribution is 0.276. The van der Waals surface area contributed by atoms with Gasteiger partial charge in [-0.25, -0.2) is 4.98 Å². The molecule has 0 unspecified atom stereocenters. The monoisotopic (exact) mass is 269 g/mol. The maximum absolute atomic E-state index is 8.72. The standard InChI is InChI=1S/C6H5ClINO/c7-6-2-1-4(8)5(3-10)9-6/h1-2,10H,3H2. The first-order valence-electron chi connectivity index (χ1n) is 2.66. The van der Waals surface area contributed by atoms with Gasteiger partial charge in [-0.1, -0.05) is 11.6 Å². The third kappa shape index (κ3) is 1.81. The number of halogens is 2. The van der Waals surface area contributed by atoms with E-state index in [1.54, 1.807) is 6.07 Å². The van der Waals surface area contributed by atoms with E-state index < -0.39 is 0 Å². The molecule has 1 rings (SSSR count). The number of pyridine rings is 1. The molecule has 0 saturated heterocycles. The van der Waals surface area contributed by atoms with E-state index in [-0.39, 0.29) is 6.61 Å². The molecule has 10 heavy (non-hydrogen) atoms. The summed E-state index contributed by atoms with van der Waals surface area (Å²) >= 11 is 7.67. The van der Waals surface area contributed by atoms with Crippen LogP contribution in [0.5, 0.6) is 0 Å². The topological polar surface area (TPSA) is 33.1 Å². The van der Waals surface area contributed by atoms with Crippen molar-refractivity contribution in [2.45, 2.75) is 6.61 Å². The molecule has 0 aliphatic rings. The molecule has 1 aromatic heterocycles. The van der Waals surface area contributed by atoms with E-state index in [0.717, 1.165) is 3.57 Å². The lowest BCUT2D eigenvalue weighted by Gasteiger charge is -1.97. The fourth-order valence-corrected chi connectivity index (χ4v) is 1.20.